The summed E-state index contributed by atoms with van der Waals surface area (Å²) in [6.07, 6.45) is 1.45. The van der Waals surface area contributed by atoms with E-state index in [0.29, 0.717) is 34.4 Å². The first kappa shape index (κ1) is 21.7. The van der Waals surface area contributed by atoms with E-state index in [1.54, 1.807) is 48.5 Å². The standard InChI is InChI=1S/C21H18ClNO6S/c1-2-28-17-11-13(7-8-16(17)29-10-9-19(24)25)12-18-20(26)23(21(27)30-18)15-6-4-3-5-14(15)22/h3-8,11-12H,2,9-10H2,1H3,(H,24,25)/b18-12+. The zero-order valence-corrected chi connectivity index (χ0v) is 17.5. The van der Waals surface area contributed by atoms with Gasteiger partial charge in [-0.2, -0.15) is 0 Å². The van der Waals surface area contributed by atoms with E-state index >= 15 is 0 Å². The van der Waals surface area contributed by atoms with Gasteiger partial charge in [-0.05, 0) is 54.6 Å². The van der Waals surface area contributed by atoms with E-state index in [2.05, 4.69) is 0 Å². The minimum Gasteiger partial charge on any atom is -0.490 e. The van der Waals surface area contributed by atoms with E-state index in [4.69, 9.17) is 26.2 Å². The molecule has 1 aliphatic rings. The largest absolute Gasteiger partial charge is 0.490 e. The normalized spacial score (nSPS) is 15.0. The minimum absolute atomic E-state index is 0.00543. The summed E-state index contributed by atoms with van der Waals surface area (Å²) in [5.41, 5.74) is 0.968. The number of imide groups is 1. The van der Waals surface area contributed by atoms with Crippen molar-refractivity contribution in [1.82, 2.24) is 0 Å². The van der Waals surface area contributed by atoms with Gasteiger partial charge in [-0.15, -0.1) is 0 Å². The Morgan fingerprint density at radius 2 is 1.93 bits per heavy atom. The number of rotatable bonds is 8. The average Bonchev–Trinajstić information content (AvgIpc) is 2.97. The molecule has 2 aromatic rings. The van der Waals surface area contributed by atoms with Crippen LogP contribution in [-0.2, 0) is 9.59 Å². The van der Waals surface area contributed by atoms with Gasteiger partial charge in [0.15, 0.2) is 11.5 Å². The third-order valence-corrected chi connectivity index (χ3v) is 5.22. The van der Waals surface area contributed by atoms with E-state index in [0.717, 1.165) is 16.7 Å². The van der Waals surface area contributed by atoms with Crippen LogP contribution in [0.1, 0.15) is 18.9 Å². The smallest absolute Gasteiger partial charge is 0.306 e. The molecule has 1 fully saturated rings. The summed E-state index contributed by atoms with van der Waals surface area (Å²) >= 11 is 6.96. The molecule has 0 aromatic heterocycles. The summed E-state index contributed by atoms with van der Waals surface area (Å²) in [6.45, 7) is 2.19. The second-order valence-electron chi connectivity index (χ2n) is 6.10. The van der Waals surface area contributed by atoms with Crippen LogP contribution in [0.15, 0.2) is 47.4 Å². The molecule has 1 aliphatic heterocycles. The number of ether oxygens (including phenoxy) is 2. The van der Waals surface area contributed by atoms with Crippen LogP contribution >= 0.6 is 23.4 Å². The lowest BCUT2D eigenvalue weighted by atomic mass is 10.1. The maximum absolute atomic E-state index is 12.8. The van der Waals surface area contributed by atoms with E-state index in [1.807, 2.05) is 6.92 Å². The number of aliphatic carboxylic acids is 1. The highest BCUT2D eigenvalue weighted by Crippen LogP contribution is 2.39. The fourth-order valence-electron chi connectivity index (χ4n) is 2.71. The molecule has 0 aliphatic carbocycles. The fraction of sp³-hybridized carbons (Fsp3) is 0.190. The Balaban J connectivity index is 1.84. The second-order valence-corrected chi connectivity index (χ2v) is 7.50. The molecule has 1 heterocycles. The quantitative estimate of drug-likeness (QED) is 0.579. The molecule has 1 N–H and O–H groups in total. The first-order valence-corrected chi connectivity index (χ1v) is 10.2. The average molecular weight is 448 g/mol. The lowest BCUT2D eigenvalue weighted by molar-refractivity contribution is -0.137. The Bertz CT molecular complexity index is 1020. The molecule has 0 radical (unpaired) electrons. The number of hydrogen-bond donors (Lipinski definition) is 1. The zero-order valence-electron chi connectivity index (χ0n) is 16.0. The van der Waals surface area contributed by atoms with E-state index in [9.17, 15) is 14.4 Å². The van der Waals surface area contributed by atoms with Crippen LogP contribution in [0.5, 0.6) is 11.5 Å². The maximum atomic E-state index is 12.8. The van der Waals surface area contributed by atoms with Gasteiger partial charge in [0.25, 0.3) is 11.1 Å². The van der Waals surface area contributed by atoms with E-state index in [1.165, 1.54) is 0 Å². The molecule has 0 saturated carbocycles. The van der Waals surface area contributed by atoms with Crippen molar-refractivity contribution in [3.8, 4) is 11.5 Å². The number of carboxylic acids is 1. The molecule has 156 valence electrons. The number of amides is 2. The van der Waals surface area contributed by atoms with E-state index in [-0.39, 0.29) is 17.9 Å². The van der Waals surface area contributed by atoms with Gasteiger partial charge in [0.05, 0.1) is 35.2 Å². The Morgan fingerprint density at radius 1 is 1.17 bits per heavy atom. The van der Waals surface area contributed by atoms with Gasteiger partial charge in [0, 0.05) is 0 Å². The summed E-state index contributed by atoms with van der Waals surface area (Å²) in [5.74, 6) is -0.599. The van der Waals surface area contributed by atoms with Crippen LogP contribution in [0, 0.1) is 0 Å². The number of para-hydroxylation sites is 1. The van der Waals surface area contributed by atoms with Gasteiger partial charge >= 0.3 is 5.97 Å². The minimum atomic E-state index is -0.959. The van der Waals surface area contributed by atoms with Gasteiger partial charge in [0.1, 0.15) is 0 Å². The van der Waals surface area contributed by atoms with Gasteiger partial charge in [-0.1, -0.05) is 29.8 Å². The number of halogens is 1. The highest BCUT2D eigenvalue weighted by atomic mass is 35.5. The number of carbonyl (C=O) groups is 3. The SMILES string of the molecule is CCOc1cc(/C=C2/SC(=O)N(c3ccccc3Cl)C2=O)ccc1OCCC(=O)O. The predicted octanol–water partition coefficient (Wildman–Crippen LogP) is 4.83. The molecular formula is C21H18ClNO6S. The Hall–Kier alpha value is -2.97. The number of benzene rings is 2. The molecule has 9 heteroatoms. The number of anilines is 1. The van der Waals surface area contributed by atoms with Crippen LogP contribution < -0.4 is 14.4 Å². The Kier molecular flexibility index (Phi) is 7.02. The molecular weight excluding hydrogens is 430 g/mol. The van der Waals surface area contributed by atoms with Crippen LogP contribution in [-0.4, -0.2) is 35.4 Å². The summed E-state index contributed by atoms with van der Waals surface area (Å²) in [5, 5.41) is 8.62. The molecule has 0 atom stereocenters. The molecule has 0 bridgehead atoms. The van der Waals surface area contributed by atoms with Crippen LogP contribution in [0.4, 0.5) is 10.5 Å². The van der Waals surface area contributed by atoms with Gasteiger partial charge in [-0.3, -0.25) is 14.4 Å². The Morgan fingerprint density at radius 3 is 2.63 bits per heavy atom. The highest BCUT2D eigenvalue weighted by Gasteiger charge is 2.37. The predicted molar refractivity (Wildman–Crippen MR) is 115 cm³/mol. The van der Waals surface area contributed by atoms with Crippen LogP contribution in [0.2, 0.25) is 5.02 Å². The molecule has 2 amide bonds. The lowest BCUT2D eigenvalue weighted by Crippen LogP contribution is -2.27. The summed E-state index contributed by atoms with van der Waals surface area (Å²) in [7, 11) is 0. The van der Waals surface area contributed by atoms with Crippen molar-refractivity contribution < 1.29 is 29.0 Å². The van der Waals surface area contributed by atoms with Crippen LogP contribution in [0.25, 0.3) is 6.08 Å². The van der Waals surface area contributed by atoms with Gasteiger partial charge < -0.3 is 14.6 Å². The van der Waals surface area contributed by atoms with Crippen molar-refractivity contribution in [1.29, 1.82) is 0 Å². The summed E-state index contributed by atoms with van der Waals surface area (Å²) in [4.78, 5) is 37.2. The summed E-state index contributed by atoms with van der Waals surface area (Å²) < 4.78 is 11.0. The van der Waals surface area contributed by atoms with Crippen molar-refractivity contribution >= 4 is 52.2 Å². The molecule has 0 spiro atoms. The zero-order chi connectivity index (χ0) is 21.7. The third-order valence-electron chi connectivity index (χ3n) is 4.03. The number of thioether (sulfide) groups is 1. The third kappa shape index (κ3) is 4.95. The van der Waals surface area contributed by atoms with Gasteiger partial charge in [-0.25, -0.2) is 4.90 Å². The highest BCUT2D eigenvalue weighted by molar-refractivity contribution is 8.19. The van der Waals surface area contributed by atoms with Crippen LogP contribution in [0.3, 0.4) is 0 Å². The lowest BCUT2D eigenvalue weighted by Gasteiger charge is -2.14. The van der Waals surface area contributed by atoms with Crippen molar-refractivity contribution in [3.63, 3.8) is 0 Å². The molecule has 30 heavy (non-hydrogen) atoms. The number of hydrogen-bond acceptors (Lipinski definition) is 6. The van der Waals surface area contributed by atoms with Crippen molar-refractivity contribution in [2.75, 3.05) is 18.1 Å². The van der Waals surface area contributed by atoms with E-state index < -0.39 is 17.1 Å². The topological polar surface area (TPSA) is 93.1 Å². The molecule has 3 rings (SSSR count). The first-order valence-electron chi connectivity index (χ1n) is 9.04. The van der Waals surface area contributed by atoms with Crippen molar-refractivity contribution in [2.24, 2.45) is 0 Å². The maximum Gasteiger partial charge on any atom is 0.306 e. The summed E-state index contributed by atoms with van der Waals surface area (Å²) in [6, 6.07) is 11.6. The molecule has 2 aromatic carbocycles. The number of carbonyl (C=O) groups excluding carboxylic acids is 2. The monoisotopic (exact) mass is 447 g/mol. The molecule has 0 unspecified atom stereocenters. The Labute approximate surface area is 182 Å². The number of nitrogens with zero attached hydrogens (tertiary/aromatic N) is 1. The molecule has 1 saturated heterocycles. The number of carboxylic acid groups (broad SMARTS) is 1. The van der Waals surface area contributed by atoms with Crippen molar-refractivity contribution in [2.45, 2.75) is 13.3 Å². The second kappa shape index (κ2) is 9.69. The van der Waals surface area contributed by atoms with Gasteiger partial charge in [0.2, 0.25) is 0 Å². The molecule has 7 nitrogen and oxygen atoms in total. The van der Waals surface area contributed by atoms with Crippen molar-refractivity contribution in [3.05, 3.63) is 58.0 Å². The first-order chi connectivity index (χ1) is 14.4. The fourth-order valence-corrected chi connectivity index (χ4v) is 3.76.